The highest BCUT2D eigenvalue weighted by Crippen LogP contribution is 2.53. The summed E-state index contributed by atoms with van der Waals surface area (Å²) in [6.07, 6.45) is -7.34. The van der Waals surface area contributed by atoms with Gasteiger partial charge in [-0.3, -0.25) is 0 Å². The van der Waals surface area contributed by atoms with Crippen LogP contribution in [0.5, 0.6) is 0 Å². The highest BCUT2D eigenvalue weighted by atomic mass is 127. The first-order chi connectivity index (χ1) is 9.28. The van der Waals surface area contributed by atoms with Crippen molar-refractivity contribution in [3.05, 3.63) is 11.6 Å². The maximum Gasteiger partial charge on any atom is 0.460 e. The fraction of sp³-hybridized carbons (Fsp3) is 0.800. The number of allylic oxidation sites excluding steroid dienone is 1. The van der Waals surface area contributed by atoms with Crippen molar-refractivity contribution in [3.63, 3.8) is 0 Å². The Morgan fingerprint density at radius 2 is 1.52 bits per heavy atom. The highest BCUT2D eigenvalue weighted by molar-refractivity contribution is 14.1. The standard InChI is InChI=1S/C10H8F9IO/c11-7(12,1-5-3-21-4-6(5)2-20)8(13,14)9(15,16)10(17,18)19/h1,6H,2-4H2/b5-1+. The lowest BCUT2D eigenvalue weighted by molar-refractivity contribution is -0.388. The average molecular weight is 442 g/mol. The third kappa shape index (κ3) is 3.27. The van der Waals surface area contributed by atoms with Crippen molar-refractivity contribution in [1.82, 2.24) is 0 Å². The second-order valence-electron chi connectivity index (χ2n) is 4.36. The Hall–Kier alpha value is -0.200. The molecule has 1 heterocycles. The van der Waals surface area contributed by atoms with E-state index in [1.165, 1.54) is 0 Å². The molecule has 1 rings (SSSR count). The summed E-state index contributed by atoms with van der Waals surface area (Å²) in [5.41, 5.74) is -0.424. The third-order valence-electron chi connectivity index (χ3n) is 2.83. The minimum absolute atomic E-state index is 0.0912. The van der Waals surface area contributed by atoms with Crippen molar-refractivity contribution < 1.29 is 44.3 Å². The molecule has 0 aromatic carbocycles. The molecule has 1 aliphatic heterocycles. The molecule has 1 nitrogen and oxygen atoms in total. The molecular formula is C10H8F9IO. The van der Waals surface area contributed by atoms with Crippen molar-refractivity contribution in [3.8, 4) is 0 Å². The summed E-state index contributed by atoms with van der Waals surface area (Å²) in [6.45, 7) is -0.608. The Morgan fingerprint density at radius 3 is 1.95 bits per heavy atom. The van der Waals surface area contributed by atoms with Gasteiger partial charge in [0.2, 0.25) is 0 Å². The van der Waals surface area contributed by atoms with Gasteiger partial charge in [0.15, 0.2) is 0 Å². The Kier molecular flexibility index (Phi) is 5.19. The molecule has 0 amide bonds. The van der Waals surface area contributed by atoms with Crippen LogP contribution in [-0.4, -0.2) is 41.6 Å². The molecule has 0 bridgehead atoms. The summed E-state index contributed by atoms with van der Waals surface area (Å²) in [6, 6.07) is 0. The van der Waals surface area contributed by atoms with Gasteiger partial charge in [-0.1, -0.05) is 22.6 Å². The highest BCUT2D eigenvalue weighted by Gasteiger charge is 2.81. The fourth-order valence-corrected chi connectivity index (χ4v) is 2.38. The monoisotopic (exact) mass is 442 g/mol. The molecule has 0 spiro atoms. The molecule has 124 valence electrons. The SMILES string of the molecule is FC(F)(F)C(F)(F)C(F)(F)C(F)(F)/C=C1\COCC1CI. The molecule has 0 saturated carbocycles. The molecule has 1 unspecified atom stereocenters. The minimum Gasteiger partial charge on any atom is -0.376 e. The molecule has 0 radical (unpaired) electrons. The van der Waals surface area contributed by atoms with E-state index in [4.69, 9.17) is 4.74 Å². The summed E-state index contributed by atoms with van der Waals surface area (Å²) in [5.74, 6) is -19.9. The van der Waals surface area contributed by atoms with E-state index in [1.807, 2.05) is 0 Å². The summed E-state index contributed by atoms with van der Waals surface area (Å²) < 4.78 is 119. The predicted octanol–water partition coefficient (Wildman–Crippen LogP) is 4.46. The lowest BCUT2D eigenvalue weighted by atomic mass is 9.97. The molecular weight excluding hydrogens is 434 g/mol. The van der Waals surface area contributed by atoms with Crippen LogP contribution in [0.15, 0.2) is 11.6 Å². The number of rotatable bonds is 4. The number of ether oxygens (including phenoxy) is 1. The van der Waals surface area contributed by atoms with Crippen LogP contribution in [0.3, 0.4) is 0 Å². The van der Waals surface area contributed by atoms with E-state index in [0.717, 1.165) is 0 Å². The number of hydrogen-bond acceptors (Lipinski definition) is 1. The molecule has 0 aromatic heterocycles. The Bertz CT molecular complexity index is 415. The Morgan fingerprint density at radius 1 is 1.00 bits per heavy atom. The van der Waals surface area contributed by atoms with Gasteiger partial charge in [-0.2, -0.15) is 39.5 Å². The van der Waals surface area contributed by atoms with Gasteiger partial charge in [0.25, 0.3) is 0 Å². The summed E-state index contributed by atoms with van der Waals surface area (Å²) in [5, 5.41) is 0. The fourth-order valence-electron chi connectivity index (χ4n) is 1.56. The normalized spacial score (nSPS) is 23.9. The van der Waals surface area contributed by atoms with Crippen LogP contribution in [0, 0.1) is 5.92 Å². The zero-order chi connectivity index (χ0) is 16.7. The first kappa shape index (κ1) is 18.8. The van der Waals surface area contributed by atoms with Crippen molar-refractivity contribution in [1.29, 1.82) is 0 Å². The first-order valence-corrected chi connectivity index (χ1v) is 6.86. The van der Waals surface area contributed by atoms with E-state index >= 15 is 0 Å². The summed E-state index contributed by atoms with van der Waals surface area (Å²) in [7, 11) is 0. The zero-order valence-electron chi connectivity index (χ0n) is 9.96. The Balaban J connectivity index is 3.19. The van der Waals surface area contributed by atoms with Gasteiger partial charge >= 0.3 is 23.9 Å². The van der Waals surface area contributed by atoms with Crippen LogP contribution >= 0.6 is 22.6 Å². The molecule has 21 heavy (non-hydrogen) atoms. The van der Waals surface area contributed by atoms with Crippen molar-refractivity contribution in [2.24, 2.45) is 5.92 Å². The van der Waals surface area contributed by atoms with Gasteiger partial charge in [-0.05, 0) is 11.6 Å². The molecule has 1 atom stereocenters. The van der Waals surface area contributed by atoms with Gasteiger partial charge < -0.3 is 4.74 Å². The maximum absolute atomic E-state index is 13.3. The molecule has 0 aliphatic carbocycles. The van der Waals surface area contributed by atoms with E-state index in [-0.39, 0.29) is 11.0 Å². The number of halogens is 10. The third-order valence-corrected chi connectivity index (χ3v) is 3.90. The number of alkyl halides is 10. The van der Waals surface area contributed by atoms with Gasteiger partial charge in [0, 0.05) is 10.3 Å². The van der Waals surface area contributed by atoms with Crippen LogP contribution in [0.2, 0.25) is 0 Å². The molecule has 1 saturated heterocycles. The lowest BCUT2D eigenvalue weighted by Gasteiger charge is -2.32. The van der Waals surface area contributed by atoms with Gasteiger partial charge in [-0.15, -0.1) is 0 Å². The van der Waals surface area contributed by atoms with Crippen LogP contribution < -0.4 is 0 Å². The predicted molar refractivity (Wildman–Crippen MR) is 62.2 cm³/mol. The van der Waals surface area contributed by atoms with Gasteiger partial charge in [0.05, 0.1) is 13.2 Å². The second-order valence-corrected chi connectivity index (χ2v) is 5.24. The van der Waals surface area contributed by atoms with E-state index in [2.05, 4.69) is 0 Å². The first-order valence-electron chi connectivity index (χ1n) is 5.33. The quantitative estimate of drug-likeness (QED) is 0.271. The van der Waals surface area contributed by atoms with Crippen molar-refractivity contribution in [2.75, 3.05) is 17.6 Å². The minimum atomic E-state index is -6.86. The maximum atomic E-state index is 13.3. The van der Waals surface area contributed by atoms with Gasteiger partial charge in [0.1, 0.15) is 0 Å². The van der Waals surface area contributed by atoms with Crippen molar-refractivity contribution >= 4 is 22.6 Å². The second kappa shape index (κ2) is 5.78. The van der Waals surface area contributed by atoms with E-state index in [1.54, 1.807) is 22.6 Å². The van der Waals surface area contributed by atoms with E-state index in [0.29, 0.717) is 0 Å². The molecule has 0 N–H and O–H groups in total. The van der Waals surface area contributed by atoms with E-state index < -0.39 is 48.1 Å². The van der Waals surface area contributed by atoms with Crippen LogP contribution in [0.1, 0.15) is 0 Å². The van der Waals surface area contributed by atoms with E-state index in [9.17, 15) is 39.5 Å². The van der Waals surface area contributed by atoms with Crippen LogP contribution in [0.25, 0.3) is 0 Å². The molecule has 11 heteroatoms. The lowest BCUT2D eigenvalue weighted by Crippen LogP contribution is -2.60. The van der Waals surface area contributed by atoms with Gasteiger partial charge in [-0.25, -0.2) is 0 Å². The van der Waals surface area contributed by atoms with Crippen molar-refractivity contribution in [2.45, 2.75) is 23.9 Å². The molecule has 1 fully saturated rings. The summed E-state index contributed by atoms with van der Waals surface area (Å²) >= 11 is 1.72. The zero-order valence-corrected chi connectivity index (χ0v) is 12.1. The summed E-state index contributed by atoms with van der Waals surface area (Å²) in [4.78, 5) is 0. The smallest absolute Gasteiger partial charge is 0.376 e. The number of hydrogen-bond donors (Lipinski definition) is 0. The molecule has 0 aromatic rings. The van der Waals surface area contributed by atoms with Crippen LogP contribution in [-0.2, 0) is 4.74 Å². The van der Waals surface area contributed by atoms with Crippen LogP contribution in [0.4, 0.5) is 39.5 Å². The largest absolute Gasteiger partial charge is 0.460 e. The topological polar surface area (TPSA) is 9.23 Å². The Labute approximate surface area is 126 Å². The average Bonchev–Trinajstić information content (AvgIpc) is 2.73. The molecule has 1 aliphatic rings.